The van der Waals surface area contributed by atoms with E-state index in [4.69, 9.17) is 5.11 Å². The molecule has 0 aromatic carbocycles. The maximum atomic E-state index is 9.44. The van der Waals surface area contributed by atoms with Crippen LogP contribution in [0.5, 0.6) is 0 Å². The van der Waals surface area contributed by atoms with Crippen molar-refractivity contribution in [3.63, 3.8) is 0 Å². The van der Waals surface area contributed by atoms with E-state index in [1.54, 1.807) is 21.1 Å². The predicted octanol–water partition coefficient (Wildman–Crippen LogP) is 0.857. The Hall–Kier alpha value is -0.410. The zero-order chi connectivity index (χ0) is 8.99. The molecular formula is C7H18O3. The highest BCUT2D eigenvalue weighted by atomic mass is 16.4. The van der Waals surface area contributed by atoms with Crippen molar-refractivity contribution in [1.29, 1.82) is 0 Å². The predicted molar refractivity (Wildman–Crippen MR) is 42.0 cm³/mol. The standard InChI is InChI=1S/C3H6O.2C2H6O/c1-3(2)4;1-3-2;1-2-3/h1-2H3;1-2H3;3H,2H2,1H3. The fourth-order valence-electron chi connectivity index (χ4n) is 0. The van der Waals surface area contributed by atoms with E-state index in [0.717, 1.165) is 0 Å². The minimum absolute atomic E-state index is 0.167. The van der Waals surface area contributed by atoms with Gasteiger partial charge in [-0.3, -0.25) is 0 Å². The monoisotopic (exact) mass is 150 g/mol. The Balaban J connectivity index is -0.0000000750. The molecule has 0 aliphatic carbocycles. The van der Waals surface area contributed by atoms with Gasteiger partial charge in [-0.05, 0) is 20.8 Å². The van der Waals surface area contributed by atoms with E-state index in [1.807, 2.05) is 0 Å². The smallest absolute Gasteiger partial charge is 0.126 e. The quantitative estimate of drug-likeness (QED) is 0.557. The van der Waals surface area contributed by atoms with Crippen LogP contribution in [0, 0.1) is 0 Å². The number of aliphatic hydroxyl groups excluding tert-OH is 1. The number of rotatable bonds is 0. The first-order valence-corrected chi connectivity index (χ1v) is 3.04. The van der Waals surface area contributed by atoms with Crippen LogP contribution in [0.3, 0.4) is 0 Å². The van der Waals surface area contributed by atoms with Crippen LogP contribution in [0.1, 0.15) is 20.8 Å². The summed E-state index contributed by atoms with van der Waals surface area (Å²) in [5.74, 6) is 0.167. The summed E-state index contributed by atoms with van der Waals surface area (Å²) in [4.78, 5) is 9.44. The fourth-order valence-corrected chi connectivity index (χ4v) is 0. The zero-order valence-electron chi connectivity index (χ0n) is 7.47. The molecule has 0 atom stereocenters. The summed E-state index contributed by atoms with van der Waals surface area (Å²) in [7, 11) is 3.25. The Morgan fingerprint density at radius 2 is 1.40 bits per heavy atom. The van der Waals surface area contributed by atoms with E-state index in [-0.39, 0.29) is 12.4 Å². The normalized spacial score (nSPS) is 6.20. The molecule has 3 heteroatoms. The minimum Gasteiger partial charge on any atom is -0.397 e. The molecule has 1 N–H and O–H groups in total. The molecule has 0 spiro atoms. The number of carbonyl (C=O) groups excluding carboxylic acids is 1. The summed E-state index contributed by atoms with van der Waals surface area (Å²) in [6.45, 7) is 4.99. The van der Waals surface area contributed by atoms with Crippen molar-refractivity contribution < 1.29 is 14.6 Å². The molecule has 0 aromatic heterocycles. The van der Waals surface area contributed by atoms with Gasteiger partial charge in [-0.25, -0.2) is 0 Å². The molecule has 0 rings (SSSR count). The van der Waals surface area contributed by atoms with Crippen molar-refractivity contribution in [3.8, 4) is 0 Å². The van der Waals surface area contributed by atoms with E-state index < -0.39 is 0 Å². The Morgan fingerprint density at radius 1 is 1.40 bits per heavy atom. The third-order valence-corrected chi connectivity index (χ3v) is 0. The summed E-state index contributed by atoms with van der Waals surface area (Å²) in [5.41, 5.74) is 0. The van der Waals surface area contributed by atoms with Crippen molar-refractivity contribution in [2.45, 2.75) is 20.8 Å². The van der Waals surface area contributed by atoms with E-state index in [9.17, 15) is 4.79 Å². The molecule has 3 nitrogen and oxygen atoms in total. The summed E-state index contributed by atoms with van der Waals surface area (Å²) in [5, 5.41) is 7.57. The van der Waals surface area contributed by atoms with Gasteiger partial charge >= 0.3 is 0 Å². The van der Waals surface area contributed by atoms with Crippen LogP contribution in [0.25, 0.3) is 0 Å². The van der Waals surface area contributed by atoms with Crippen molar-refractivity contribution in [3.05, 3.63) is 0 Å². The minimum atomic E-state index is 0.167. The average molecular weight is 150 g/mol. The van der Waals surface area contributed by atoms with Gasteiger partial charge in [0.05, 0.1) is 0 Å². The van der Waals surface area contributed by atoms with Gasteiger partial charge in [-0.2, -0.15) is 0 Å². The Kier molecular flexibility index (Phi) is 38.3. The number of ketones is 1. The molecule has 0 saturated carbocycles. The second-order valence-electron chi connectivity index (χ2n) is 1.63. The van der Waals surface area contributed by atoms with E-state index in [2.05, 4.69) is 4.74 Å². The highest BCUT2D eigenvalue weighted by Gasteiger charge is 1.62. The van der Waals surface area contributed by atoms with Crippen molar-refractivity contribution in [2.75, 3.05) is 20.8 Å². The first-order valence-electron chi connectivity index (χ1n) is 3.04. The molecule has 0 bridgehead atoms. The number of aliphatic hydroxyl groups is 1. The Labute approximate surface area is 63.0 Å². The second kappa shape index (κ2) is 23.5. The number of Topliss-reactive ketones (excluding diaryl/α,β-unsaturated/α-hetero) is 1. The number of methoxy groups -OCH3 is 1. The molecule has 64 valence electrons. The van der Waals surface area contributed by atoms with Crippen LogP contribution in [0.4, 0.5) is 0 Å². The van der Waals surface area contributed by atoms with Gasteiger partial charge in [0.1, 0.15) is 5.78 Å². The zero-order valence-corrected chi connectivity index (χ0v) is 7.47. The van der Waals surface area contributed by atoms with Crippen LogP contribution < -0.4 is 0 Å². The van der Waals surface area contributed by atoms with Gasteiger partial charge in [0.2, 0.25) is 0 Å². The maximum absolute atomic E-state index is 9.44. The lowest BCUT2D eigenvalue weighted by molar-refractivity contribution is -0.114. The Morgan fingerprint density at radius 3 is 1.40 bits per heavy atom. The summed E-state index contributed by atoms with van der Waals surface area (Å²) in [6.07, 6.45) is 0. The third-order valence-electron chi connectivity index (χ3n) is 0. The highest BCUT2D eigenvalue weighted by Crippen LogP contribution is 1.50. The van der Waals surface area contributed by atoms with Gasteiger partial charge in [0.25, 0.3) is 0 Å². The molecule has 0 unspecified atom stereocenters. The largest absolute Gasteiger partial charge is 0.397 e. The van der Waals surface area contributed by atoms with Crippen LogP contribution in [0.15, 0.2) is 0 Å². The molecule has 0 saturated heterocycles. The van der Waals surface area contributed by atoms with Crippen LogP contribution >= 0.6 is 0 Å². The van der Waals surface area contributed by atoms with E-state index in [0.29, 0.717) is 0 Å². The van der Waals surface area contributed by atoms with Gasteiger partial charge in [0.15, 0.2) is 0 Å². The number of ether oxygens (including phenoxy) is 1. The van der Waals surface area contributed by atoms with Gasteiger partial charge in [-0.1, -0.05) is 0 Å². The molecule has 0 aromatic rings. The van der Waals surface area contributed by atoms with Gasteiger partial charge in [-0.15, -0.1) is 0 Å². The number of hydrogen-bond acceptors (Lipinski definition) is 3. The lowest BCUT2D eigenvalue weighted by atomic mass is 10.6. The first-order chi connectivity index (χ1) is 4.56. The molecular weight excluding hydrogens is 132 g/mol. The third kappa shape index (κ3) is 1960. The molecule has 0 amide bonds. The van der Waals surface area contributed by atoms with Crippen LogP contribution in [0.2, 0.25) is 0 Å². The van der Waals surface area contributed by atoms with E-state index >= 15 is 0 Å². The average Bonchev–Trinajstić information content (AvgIpc) is 1.65. The van der Waals surface area contributed by atoms with Crippen molar-refractivity contribution in [2.24, 2.45) is 0 Å². The molecule has 10 heavy (non-hydrogen) atoms. The first kappa shape index (κ1) is 16.3. The lowest BCUT2D eigenvalue weighted by Gasteiger charge is -1.61. The molecule has 0 radical (unpaired) electrons. The second-order valence-corrected chi connectivity index (χ2v) is 1.63. The van der Waals surface area contributed by atoms with Crippen molar-refractivity contribution in [1.82, 2.24) is 0 Å². The highest BCUT2D eigenvalue weighted by molar-refractivity contribution is 5.72. The SMILES string of the molecule is CC(C)=O.CCO.COC. The van der Waals surface area contributed by atoms with E-state index in [1.165, 1.54) is 13.8 Å². The van der Waals surface area contributed by atoms with Gasteiger partial charge < -0.3 is 14.6 Å². The maximum Gasteiger partial charge on any atom is 0.126 e. The lowest BCUT2D eigenvalue weighted by Crippen LogP contribution is -1.69. The summed E-state index contributed by atoms with van der Waals surface area (Å²) < 4.78 is 4.25. The molecule has 0 aliphatic heterocycles. The van der Waals surface area contributed by atoms with Crippen molar-refractivity contribution >= 4 is 5.78 Å². The Bertz CT molecular complexity index is 46.8. The fraction of sp³-hybridized carbons (Fsp3) is 0.857. The van der Waals surface area contributed by atoms with Gasteiger partial charge in [0, 0.05) is 20.8 Å². The number of hydrogen-bond donors (Lipinski definition) is 1. The number of carbonyl (C=O) groups is 1. The van der Waals surface area contributed by atoms with Crippen LogP contribution in [-0.2, 0) is 9.53 Å². The van der Waals surface area contributed by atoms with Crippen LogP contribution in [-0.4, -0.2) is 31.7 Å². The molecule has 0 aliphatic rings. The molecule has 0 fully saturated rings. The summed E-state index contributed by atoms with van der Waals surface area (Å²) >= 11 is 0. The topological polar surface area (TPSA) is 46.5 Å². The summed E-state index contributed by atoms with van der Waals surface area (Å²) in [6, 6.07) is 0. The molecule has 0 heterocycles.